The summed E-state index contributed by atoms with van der Waals surface area (Å²) in [4.78, 5) is 16.5. The summed E-state index contributed by atoms with van der Waals surface area (Å²) in [6, 6.07) is 18.0. The molecule has 1 heterocycles. The lowest BCUT2D eigenvalue weighted by molar-refractivity contribution is 0.0932. The van der Waals surface area contributed by atoms with Gasteiger partial charge in [0.2, 0.25) is 0 Å². The van der Waals surface area contributed by atoms with Crippen molar-refractivity contribution >= 4 is 5.91 Å². The molecule has 0 saturated heterocycles. The van der Waals surface area contributed by atoms with Crippen molar-refractivity contribution < 1.29 is 4.79 Å². The van der Waals surface area contributed by atoms with Crippen LogP contribution in [0.25, 0.3) is 11.1 Å². The number of hydrogen-bond acceptors (Lipinski definition) is 2. The van der Waals surface area contributed by atoms with Crippen LogP contribution < -0.4 is 5.32 Å². The second-order valence-electron chi connectivity index (χ2n) is 5.78. The maximum Gasteiger partial charge on any atom is 0.251 e. The number of aromatic nitrogens is 2. The van der Waals surface area contributed by atoms with Crippen LogP contribution in [0.5, 0.6) is 0 Å². The highest BCUT2D eigenvalue weighted by atomic mass is 16.1. The van der Waals surface area contributed by atoms with Crippen molar-refractivity contribution in [1.82, 2.24) is 14.9 Å². The van der Waals surface area contributed by atoms with Crippen molar-refractivity contribution in [2.75, 3.05) is 0 Å². The zero-order valence-electron chi connectivity index (χ0n) is 13.7. The van der Waals surface area contributed by atoms with Gasteiger partial charge in [-0.2, -0.15) is 0 Å². The summed E-state index contributed by atoms with van der Waals surface area (Å²) in [6.45, 7) is 2.80. The average Bonchev–Trinajstić information content (AvgIpc) is 3.15. The molecule has 0 radical (unpaired) electrons. The number of imidazole rings is 1. The molecular formula is C20H21N3O. The highest BCUT2D eigenvalue weighted by Crippen LogP contribution is 2.19. The first-order valence-corrected chi connectivity index (χ1v) is 8.18. The number of amides is 1. The molecular weight excluding hydrogens is 298 g/mol. The summed E-state index contributed by atoms with van der Waals surface area (Å²) in [7, 11) is 0. The molecule has 0 fully saturated rings. The van der Waals surface area contributed by atoms with Gasteiger partial charge in [-0.1, -0.05) is 49.4 Å². The van der Waals surface area contributed by atoms with Gasteiger partial charge in [0.1, 0.15) is 0 Å². The summed E-state index contributed by atoms with van der Waals surface area (Å²) >= 11 is 0. The molecule has 0 saturated carbocycles. The molecule has 0 aliphatic carbocycles. The van der Waals surface area contributed by atoms with Crippen LogP contribution in [0.1, 0.15) is 23.7 Å². The molecule has 0 aliphatic rings. The maximum absolute atomic E-state index is 12.5. The van der Waals surface area contributed by atoms with Gasteiger partial charge in [0.15, 0.2) is 0 Å². The van der Waals surface area contributed by atoms with Crippen LogP contribution in [-0.2, 0) is 6.54 Å². The molecule has 1 N–H and O–H groups in total. The fourth-order valence-corrected chi connectivity index (χ4v) is 2.64. The average molecular weight is 319 g/mol. The summed E-state index contributed by atoms with van der Waals surface area (Å²) in [5, 5.41) is 3.09. The molecule has 0 spiro atoms. The third-order valence-electron chi connectivity index (χ3n) is 4.07. The third-order valence-corrected chi connectivity index (χ3v) is 4.07. The van der Waals surface area contributed by atoms with Crippen molar-refractivity contribution in [2.45, 2.75) is 25.9 Å². The molecule has 1 atom stereocenters. The van der Waals surface area contributed by atoms with Crippen molar-refractivity contribution in [1.29, 1.82) is 0 Å². The van der Waals surface area contributed by atoms with Crippen LogP contribution in [-0.4, -0.2) is 21.5 Å². The lowest BCUT2D eigenvalue weighted by Crippen LogP contribution is -2.37. The van der Waals surface area contributed by atoms with Gasteiger partial charge in [0.25, 0.3) is 5.91 Å². The molecule has 2 aromatic carbocycles. The fourth-order valence-electron chi connectivity index (χ4n) is 2.64. The van der Waals surface area contributed by atoms with E-state index in [1.54, 1.807) is 12.5 Å². The van der Waals surface area contributed by atoms with Gasteiger partial charge in [-0.05, 0) is 29.7 Å². The van der Waals surface area contributed by atoms with E-state index in [0.717, 1.165) is 24.1 Å². The second kappa shape index (κ2) is 7.59. The number of carbonyl (C=O) groups is 1. The van der Waals surface area contributed by atoms with Crippen LogP contribution in [0.3, 0.4) is 0 Å². The molecule has 0 aliphatic heterocycles. The largest absolute Gasteiger partial charge is 0.348 e. The Hall–Kier alpha value is -2.88. The summed E-state index contributed by atoms with van der Waals surface area (Å²) in [6.07, 6.45) is 6.29. The first-order chi connectivity index (χ1) is 11.8. The lowest BCUT2D eigenvalue weighted by Gasteiger charge is -2.17. The van der Waals surface area contributed by atoms with Crippen molar-refractivity contribution in [3.05, 3.63) is 78.9 Å². The van der Waals surface area contributed by atoms with E-state index in [-0.39, 0.29) is 11.9 Å². The van der Waals surface area contributed by atoms with Gasteiger partial charge in [0, 0.05) is 30.5 Å². The number of rotatable bonds is 6. The summed E-state index contributed by atoms with van der Waals surface area (Å²) in [5.41, 5.74) is 2.94. The standard InChI is InChI=1S/C20H21N3O/c1-2-19(14-23-13-12-21-15-23)22-20(24)18-10-8-17(9-11-18)16-6-4-3-5-7-16/h3-13,15,19H,2,14H2,1H3,(H,22,24)/t19-/m0/s1. The van der Waals surface area contributed by atoms with E-state index >= 15 is 0 Å². The van der Waals surface area contributed by atoms with E-state index in [2.05, 4.69) is 29.4 Å². The van der Waals surface area contributed by atoms with Gasteiger partial charge >= 0.3 is 0 Å². The minimum Gasteiger partial charge on any atom is -0.348 e. The predicted octanol–water partition coefficient (Wildman–Crippen LogP) is 3.76. The van der Waals surface area contributed by atoms with Gasteiger partial charge in [-0.25, -0.2) is 4.98 Å². The van der Waals surface area contributed by atoms with E-state index in [1.165, 1.54) is 0 Å². The molecule has 1 aromatic heterocycles. The first kappa shape index (κ1) is 16.0. The maximum atomic E-state index is 12.5. The number of hydrogen-bond donors (Lipinski definition) is 1. The minimum absolute atomic E-state index is 0.0402. The summed E-state index contributed by atoms with van der Waals surface area (Å²) in [5.74, 6) is -0.0402. The predicted molar refractivity (Wildman–Crippen MR) is 95.7 cm³/mol. The number of nitrogens with one attached hydrogen (secondary N) is 1. The van der Waals surface area contributed by atoms with E-state index < -0.39 is 0 Å². The van der Waals surface area contributed by atoms with Crippen LogP contribution in [0.4, 0.5) is 0 Å². The van der Waals surface area contributed by atoms with Crippen molar-refractivity contribution in [2.24, 2.45) is 0 Å². The van der Waals surface area contributed by atoms with Crippen molar-refractivity contribution in [3.8, 4) is 11.1 Å². The normalized spacial score (nSPS) is 11.9. The topological polar surface area (TPSA) is 46.9 Å². The Balaban J connectivity index is 1.66. The van der Waals surface area contributed by atoms with Crippen LogP contribution >= 0.6 is 0 Å². The van der Waals surface area contributed by atoms with E-state index in [0.29, 0.717) is 5.56 Å². The Morgan fingerprint density at radius 1 is 1.08 bits per heavy atom. The Morgan fingerprint density at radius 3 is 2.42 bits per heavy atom. The fraction of sp³-hybridized carbons (Fsp3) is 0.200. The molecule has 1 amide bonds. The Labute approximate surface area is 142 Å². The van der Waals surface area contributed by atoms with Crippen LogP contribution in [0.15, 0.2) is 73.3 Å². The zero-order valence-corrected chi connectivity index (χ0v) is 13.7. The van der Waals surface area contributed by atoms with E-state index in [9.17, 15) is 4.79 Å². The molecule has 4 nitrogen and oxygen atoms in total. The van der Waals surface area contributed by atoms with E-state index in [1.807, 2.05) is 53.2 Å². The van der Waals surface area contributed by atoms with Gasteiger partial charge < -0.3 is 9.88 Å². The van der Waals surface area contributed by atoms with E-state index in [4.69, 9.17) is 0 Å². The van der Waals surface area contributed by atoms with Gasteiger partial charge in [0.05, 0.1) is 6.33 Å². The highest BCUT2D eigenvalue weighted by molar-refractivity contribution is 5.94. The monoisotopic (exact) mass is 319 g/mol. The lowest BCUT2D eigenvalue weighted by atomic mass is 10.0. The Bertz CT molecular complexity index is 764. The summed E-state index contributed by atoms with van der Waals surface area (Å²) < 4.78 is 1.98. The molecule has 122 valence electrons. The molecule has 3 aromatic rings. The number of benzene rings is 2. The van der Waals surface area contributed by atoms with Crippen molar-refractivity contribution in [3.63, 3.8) is 0 Å². The molecule has 3 rings (SSSR count). The molecule has 24 heavy (non-hydrogen) atoms. The third kappa shape index (κ3) is 3.90. The smallest absolute Gasteiger partial charge is 0.251 e. The molecule has 0 bridgehead atoms. The Kier molecular flexibility index (Phi) is 5.06. The van der Waals surface area contributed by atoms with Gasteiger partial charge in [-0.15, -0.1) is 0 Å². The second-order valence-corrected chi connectivity index (χ2v) is 5.78. The SMILES string of the molecule is CC[C@@H](Cn1ccnc1)NC(=O)c1ccc(-c2ccccc2)cc1. The first-order valence-electron chi connectivity index (χ1n) is 8.18. The highest BCUT2D eigenvalue weighted by Gasteiger charge is 2.12. The van der Waals surface area contributed by atoms with Gasteiger partial charge in [-0.3, -0.25) is 4.79 Å². The van der Waals surface area contributed by atoms with Crippen LogP contribution in [0, 0.1) is 0 Å². The molecule has 4 heteroatoms. The number of nitrogens with zero attached hydrogens (tertiary/aromatic N) is 2. The number of carbonyl (C=O) groups excluding carboxylic acids is 1. The van der Waals surface area contributed by atoms with Crippen LogP contribution in [0.2, 0.25) is 0 Å². The zero-order chi connectivity index (χ0) is 16.8. The quantitative estimate of drug-likeness (QED) is 0.752. The molecule has 0 unspecified atom stereocenters. The minimum atomic E-state index is -0.0402. The Morgan fingerprint density at radius 2 is 1.79 bits per heavy atom.